The number of hydrogen-bond acceptors (Lipinski definition) is 3. The van der Waals surface area contributed by atoms with Crippen LogP contribution in [0.25, 0.3) is 0 Å². The standard InChI is InChI=1S/C12H20N2O3.Na/c1-5-12(7-6-8(2)3)9(15)13-11(17)14(4)10(12)16;/h8H,5-7H2,1-4H3,(H,13,15,17);. The second-order valence-electron chi connectivity index (χ2n) is 4.99. The first-order valence-corrected chi connectivity index (χ1v) is 5.98. The summed E-state index contributed by atoms with van der Waals surface area (Å²) in [5, 5.41) is 2.25. The van der Waals surface area contributed by atoms with E-state index < -0.39 is 17.4 Å². The van der Waals surface area contributed by atoms with Crippen molar-refractivity contribution in [3.05, 3.63) is 0 Å². The molecule has 0 aliphatic carbocycles. The van der Waals surface area contributed by atoms with Gasteiger partial charge in [0, 0.05) is 36.6 Å². The number of amides is 4. The topological polar surface area (TPSA) is 66.5 Å². The number of nitrogens with one attached hydrogen (secondary N) is 1. The van der Waals surface area contributed by atoms with E-state index in [1.807, 2.05) is 13.8 Å². The molecule has 1 N–H and O–H groups in total. The van der Waals surface area contributed by atoms with Crippen molar-refractivity contribution in [3.8, 4) is 0 Å². The van der Waals surface area contributed by atoms with Crippen LogP contribution in [-0.4, -0.2) is 59.4 Å². The van der Waals surface area contributed by atoms with E-state index in [4.69, 9.17) is 0 Å². The molecule has 0 spiro atoms. The first kappa shape index (κ1) is 17.6. The van der Waals surface area contributed by atoms with Gasteiger partial charge >= 0.3 is 6.03 Å². The number of hydrogen-bond donors (Lipinski definition) is 1. The van der Waals surface area contributed by atoms with Crippen molar-refractivity contribution >= 4 is 47.4 Å². The fraction of sp³-hybridized carbons (Fsp3) is 0.750. The van der Waals surface area contributed by atoms with Crippen LogP contribution >= 0.6 is 0 Å². The summed E-state index contributed by atoms with van der Waals surface area (Å²) in [6, 6.07) is -0.631. The molecule has 1 aliphatic heterocycles. The first-order chi connectivity index (χ1) is 7.85. The molecule has 6 heteroatoms. The molecule has 0 aromatic rings. The summed E-state index contributed by atoms with van der Waals surface area (Å²) in [5.41, 5.74) is -1.06. The Morgan fingerprint density at radius 2 is 1.83 bits per heavy atom. The average molecular weight is 263 g/mol. The minimum absolute atomic E-state index is 0. The fourth-order valence-electron chi connectivity index (χ4n) is 2.06. The van der Waals surface area contributed by atoms with Crippen molar-refractivity contribution < 1.29 is 14.4 Å². The number of carbonyl (C=O) groups is 3. The molecule has 0 bridgehead atoms. The molecule has 1 saturated heterocycles. The van der Waals surface area contributed by atoms with E-state index in [0.29, 0.717) is 18.8 Å². The van der Waals surface area contributed by atoms with Crippen molar-refractivity contribution in [2.24, 2.45) is 11.3 Å². The molecule has 4 amide bonds. The number of imide groups is 2. The van der Waals surface area contributed by atoms with Gasteiger partial charge in [-0.25, -0.2) is 4.79 Å². The summed E-state index contributed by atoms with van der Waals surface area (Å²) in [6.45, 7) is 5.90. The van der Waals surface area contributed by atoms with Crippen LogP contribution in [0.15, 0.2) is 0 Å². The van der Waals surface area contributed by atoms with E-state index in [-0.39, 0.29) is 35.5 Å². The minimum atomic E-state index is -1.06. The molecular formula is C12H20N2NaO3. The summed E-state index contributed by atoms with van der Waals surface area (Å²) in [4.78, 5) is 36.4. The zero-order valence-electron chi connectivity index (χ0n) is 11.9. The Balaban J connectivity index is 0.00000289. The van der Waals surface area contributed by atoms with Crippen molar-refractivity contribution in [1.29, 1.82) is 0 Å². The SMILES string of the molecule is CCC1(CCC(C)C)C(=O)NC(=O)N(C)C1=O.[Na]. The Kier molecular flexibility index (Phi) is 6.54. The van der Waals surface area contributed by atoms with E-state index in [0.717, 1.165) is 11.3 Å². The van der Waals surface area contributed by atoms with Crippen molar-refractivity contribution in [2.75, 3.05) is 7.05 Å². The van der Waals surface area contributed by atoms with Gasteiger partial charge in [-0.3, -0.25) is 19.8 Å². The van der Waals surface area contributed by atoms with Crippen LogP contribution in [0.2, 0.25) is 0 Å². The minimum Gasteiger partial charge on any atom is -0.277 e. The average Bonchev–Trinajstić information content (AvgIpc) is 2.27. The quantitative estimate of drug-likeness (QED) is 0.611. The van der Waals surface area contributed by atoms with Gasteiger partial charge in [0.1, 0.15) is 5.41 Å². The largest absolute Gasteiger partial charge is 0.330 e. The van der Waals surface area contributed by atoms with Crippen LogP contribution in [0, 0.1) is 11.3 Å². The number of rotatable bonds is 4. The predicted molar refractivity (Wildman–Crippen MR) is 68.9 cm³/mol. The van der Waals surface area contributed by atoms with Gasteiger partial charge in [0.15, 0.2) is 0 Å². The zero-order valence-corrected chi connectivity index (χ0v) is 13.9. The smallest absolute Gasteiger partial charge is 0.277 e. The molecular weight excluding hydrogens is 243 g/mol. The molecule has 1 fully saturated rings. The molecule has 1 heterocycles. The van der Waals surface area contributed by atoms with E-state index in [2.05, 4.69) is 5.32 Å². The second kappa shape index (κ2) is 6.68. The summed E-state index contributed by atoms with van der Waals surface area (Å²) in [7, 11) is 1.41. The molecule has 1 atom stereocenters. The molecule has 0 aromatic heterocycles. The van der Waals surface area contributed by atoms with Crippen LogP contribution in [0.1, 0.15) is 40.0 Å². The van der Waals surface area contributed by atoms with Crippen LogP contribution in [0.4, 0.5) is 4.79 Å². The van der Waals surface area contributed by atoms with E-state index >= 15 is 0 Å². The van der Waals surface area contributed by atoms with Crippen molar-refractivity contribution in [1.82, 2.24) is 10.2 Å². The number of carbonyl (C=O) groups excluding carboxylic acids is 3. The van der Waals surface area contributed by atoms with Crippen LogP contribution in [0.5, 0.6) is 0 Å². The third-order valence-electron chi connectivity index (χ3n) is 3.43. The summed E-state index contributed by atoms with van der Waals surface area (Å²) in [5.74, 6) is -0.412. The Morgan fingerprint density at radius 1 is 1.28 bits per heavy atom. The Labute approximate surface area is 130 Å². The monoisotopic (exact) mass is 263 g/mol. The van der Waals surface area contributed by atoms with Gasteiger partial charge in [-0.2, -0.15) is 0 Å². The normalized spacial score (nSPS) is 24.1. The Bertz CT molecular complexity index is 357. The van der Waals surface area contributed by atoms with Gasteiger partial charge in [0.25, 0.3) is 0 Å². The second-order valence-corrected chi connectivity index (χ2v) is 4.99. The van der Waals surface area contributed by atoms with Gasteiger partial charge < -0.3 is 0 Å². The van der Waals surface area contributed by atoms with E-state index in [1.165, 1.54) is 7.05 Å². The molecule has 97 valence electrons. The third kappa shape index (κ3) is 3.13. The third-order valence-corrected chi connectivity index (χ3v) is 3.43. The van der Waals surface area contributed by atoms with E-state index in [1.54, 1.807) is 6.92 Å². The maximum Gasteiger partial charge on any atom is 0.330 e. The number of barbiturate groups is 1. The summed E-state index contributed by atoms with van der Waals surface area (Å²) >= 11 is 0. The molecule has 1 rings (SSSR count). The predicted octanol–water partition coefficient (Wildman–Crippen LogP) is 1.15. The molecule has 1 unspecified atom stereocenters. The molecule has 18 heavy (non-hydrogen) atoms. The molecule has 0 aromatic carbocycles. The summed E-state index contributed by atoms with van der Waals surface area (Å²) < 4.78 is 0. The number of urea groups is 1. The maximum absolute atomic E-state index is 12.2. The fourth-order valence-corrected chi connectivity index (χ4v) is 2.06. The summed E-state index contributed by atoms with van der Waals surface area (Å²) in [6.07, 6.45) is 1.69. The Morgan fingerprint density at radius 3 is 2.28 bits per heavy atom. The van der Waals surface area contributed by atoms with Crippen LogP contribution in [-0.2, 0) is 9.59 Å². The molecule has 5 nitrogen and oxygen atoms in total. The zero-order chi connectivity index (χ0) is 13.2. The van der Waals surface area contributed by atoms with Crippen LogP contribution in [0.3, 0.4) is 0 Å². The first-order valence-electron chi connectivity index (χ1n) is 5.98. The van der Waals surface area contributed by atoms with Crippen LogP contribution < -0.4 is 5.32 Å². The maximum atomic E-state index is 12.2. The van der Waals surface area contributed by atoms with Gasteiger partial charge in [0.05, 0.1) is 0 Å². The Hall–Kier alpha value is -0.390. The van der Waals surface area contributed by atoms with Gasteiger partial charge in [-0.05, 0) is 25.2 Å². The number of nitrogens with zero attached hydrogens (tertiary/aromatic N) is 1. The molecule has 1 aliphatic rings. The van der Waals surface area contributed by atoms with Gasteiger partial charge in [0.2, 0.25) is 11.8 Å². The van der Waals surface area contributed by atoms with Crippen molar-refractivity contribution in [3.63, 3.8) is 0 Å². The van der Waals surface area contributed by atoms with Crippen molar-refractivity contribution in [2.45, 2.75) is 40.0 Å². The van der Waals surface area contributed by atoms with Gasteiger partial charge in [-0.15, -0.1) is 0 Å². The molecule has 1 radical (unpaired) electrons. The van der Waals surface area contributed by atoms with Gasteiger partial charge in [-0.1, -0.05) is 20.8 Å². The van der Waals surface area contributed by atoms with E-state index in [9.17, 15) is 14.4 Å². The molecule has 0 saturated carbocycles.